The van der Waals surface area contributed by atoms with Crippen molar-refractivity contribution in [2.75, 3.05) is 0 Å². The maximum Gasteiger partial charge on any atom is 0.225 e. The van der Waals surface area contributed by atoms with Gasteiger partial charge in [0.1, 0.15) is 0 Å². The van der Waals surface area contributed by atoms with Gasteiger partial charge in [-0.1, -0.05) is 67.6 Å². The molecule has 0 heterocycles. The van der Waals surface area contributed by atoms with E-state index in [1.54, 1.807) is 0 Å². The Morgan fingerprint density at radius 1 is 1.04 bits per heavy atom. The summed E-state index contributed by atoms with van der Waals surface area (Å²) in [4.78, 5) is 14.7. The molecule has 122 valence electrons. The van der Waals surface area contributed by atoms with Crippen molar-refractivity contribution in [2.45, 2.75) is 45.3 Å². The van der Waals surface area contributed by atoms with E-state index in [-0.39, 0.29) is 18.0 Å². The Kier molecular flexibility index (Phi) is 6.36. The minimum atomic E-state index is -0.258. The minimum Gasteiger partial charge on any atom is -0.336 e. The van der Waals surface area contributed by atoms with Gasteiger partial charge in [-0.25, -0.2) is 0 Å². The van der Waals surface area contributed by atoms with Gasteiger partial charge in [0.25, 0.3) is 0 Å². The summed E-state index contributed by atoms with van der Waals surface area (Å²) in [5, 5.41) is 0. The molecule has 2 N–H and O–H groups in total. The van der Waals surface area contributed by atoms with E-state index in [1.807, 2.05) is 53.4 Å². The molecule has 23 heavy (non-hydrogen) atoms. The second kappa shape index (κ2) is 8.49. The van der Waals surface area contributed by atoms with Crippen LogP contribution in [0, 0.1) is 0 Å². The number of nitrogens with zero attached hydrogens (tertiary/aromatic N) is 1. The molecular weight excluding hydrogens is 284 g/mol. The van der Waals surface area contributed by atoms with Gasteiger partial charge in [0.2, 0.25) is 5.91 Å². The number of amides is 1. The average Bonchev–Trinajstić information content (AvgIpc) is 2.60. The van der Waals surface area contributed by atoms with Gasteiger partial charge in [0.05, 0.1) is 0 Å². The molecule has 0 aliphatic rings. The van der Waals surface area contributed by atoms with E-state index in [1.165, 1.54) is 0 Å². The van der Waals surface area contributed by atoms with Crippen molar-refractivity contribution in [2.24, 2.45) is 5.73 Å². The van der Waals surface area contributed by atoms with Crippen LogP contribution in [0.1, 0.15) is 43.9 Å². The fraction of sp³-hybridized carbons (Fsp3) is 0.350. The molecule has 1 amide bonds. The van der Waals surface area contributed by atoms with Crippen LogP contribution in [0.4, 0.5) is 0 Å². The first kappa shape index (κ1) is 17.2. The summed E-state index contributed by atoms with van der Waals surface area (Å²) >= 11 is 0. The Labute approximate surface area is 139 Å². The van der Waals surface area contributed by atoms with E-state index < -0.39 is 0 Å². The highest BCUT2D eigenvalue weighted by atomic mass is 16.2. The van der Waals surface area contributed by atoms with E-state index in [4.69, 9.17) is 5.73 Å². The van der Waals surface area contributed by atoms with Crippen molar-refractivity contribution in [1.29, 1.82) is 0 Å². The van der Waals surface area contributed by atoms with Gasteiger partial charge in [-0.2, -0.15) is 0 Å². The van der Waals surface area contributed by atoms with Gasteiger partial charge in [-0.3, -0.25) is 4.79 Å². The first-order valence-electron chi connectivity index (χ1n) is 8.25. The molecule has 2 aromatic rings. The number of benzene rings is 2. The van der Waals surface area contributed by atoms with Crippen LogP contribution in [0.25, 0.3) is 0 Å². The Bertz CT molecular complexity index is 598. The fourth-order valence-corrected chi connectivity index (χ4v) is 2.61. The topological polar surface area (TPSA) is 46.3 Å². The summed E-state index contributed by atoms with van der Waals surface area (Å²) in [5.74, 6) is 0.111. The average molecular weight is 310 g/mol. The van der Waals surface area contributed by atoms with Gasteiger partial charge in [0.15, 0.2) is 0 Å². The lowest BCUT2D eigenvalue weighted by atomic mass is 10.0. The van der Waals surface area contributed by atoms with Crippen molar-refractivity contribution in [3.8, 4) is 0 Å². The van der Waals surface area contributed by atoms with Crippen LogP contribution in [-0.2, 0) is 11.3 Å². The molecule has 0 saturated carbocycles. The summed E-state index contributed by atoms with van der Waals surface area (Å²) < 4.78 is 0. The van der Waals surface area contributed by atoms with Crippen LogP contribution in [0.3, 0.4) is 0 Å². The number of rotatable bonds is 7. The largest absolute Gasteiger partial charge is 0.336 e. The monoisotopic (exact) mass is 310 g/mol. The highest BCUT2D eigenvalue weighted by Crippen LogP contribution is 2.18. The van der Waals surface area contributed by atoms with Crippen molar-refractivity contribution < 1.29 is 4.79 Å². The number of carbonyl (C=O) groups excluding carboxylic acids is 1. The first-order valence-corrected chi connectivity index (χ1v) is 8.25. The molecule has 0 saturated heterocycles. The van der Waals surface area contributed by atoms with E-state index in [0.717, 1.165) is 17.5 Å². The lowest BCUT2D eigenvalue weighted by Gasteiger charge is -2.30. The van der Waals surface area contributed by atoms with E-state index in [0.29, 0.717) is 13.0 Å². The van der Waals surface area contributed by atoms with Crippen LogP contribution in [-0.4, -0.2) is 16.8 Å². The third-order valence-electron chi connectivity index (χ3n) is 4.26. The second-order valence-corrected chi connectivity index (χ2v) is 5.99. The summed E-state index contributed by atoms with van der Waals surface area (Å²) in [7, 11) is 0. The standard InChI is InChI=1S/C20H26N2O/c1-3-16(2)22(15-17-10-6-4-7-11-17)20(23)14-19(21)18-12-8-5-9-13-18/h4-13,16,19H,3,14-15,21H2,1-2H3. The number of hydrogen-bond donors (Lipinski definition) is 1. The highest BCUT2D eigenvalue weighted by Gasteiger charge is 2.21. The van der Waals surface area contributed by atoms with E-state index >= 15 is 0 Å². The molecule has 2 aromatic carbocycles. The predicted molar refractivity (Wildman–Crippen MR) is 94.7 cm³/mol. The van der Waals surface area contributed by atoms with Crippen LogP contribution in [0.2, 0.25) is 0 Å². The van der Waals surface area contributed by atoms with Gasteiger partial charge in [-0.15, -0.1) is 0 Å². The molecule has 0 radical (unpaired) electrons. The molecule has 2 atom stereocenters. The Hall–Kier alpha value is -2.13. The SMILES string of the molecule is CCC(C)N(Cc1ccccc1)C(=O)CC(N)c1ccccc1. The van der Waals surface area contributed by atoms with Crippen LogP contribution in [0.5, 0.6) is 0 Å². The van der Waals surface area contributed by atoms with Crippen molar-refractivity contribution in [3.05, 3.63) is 71.8 Å². The molecule has 3 nitrogen and oxygen atoms in total. The maximum absolute atomic E-state index is 12.8. The zero-order valence-electron chi connectivity index (χ0n) is 14.0. The van der Waals surface area contributed by atoms with Gasteiger partial charge in [-0.05, 0) is 24.5 Å². The number of nitrogens with two attached hydrogens (primary N) is 1. The highest BCUT2D eigenvalue weighted by molar-refractivity contribution is 5.77. The van der Waals surface area contributed by atoms with Crippen molar-refractivity contribution >= 4 is 5.91 Å². The second-order valence-electron chi connectivity index (χ2n) is 5.99. The van der Waals surface area contributed by atoms with Crippen molar-refractivity contribution in [1.82, 2.24) is 4.90 Å². The smallest absolute Gasteiger partial charge is 0.225 e. The fourth-order valence-electron chi connectivity index (χ4n) is 2.61. The molecule has 2 rings (SSSR count). The molecule has 0 spiro atoms. The summed E-state index contributed by atoms with van der Waals surface area (Å²) in [5.41, 5.74) is 8.37. The first-order chi connectivity index (χ1) is 11.1. The van der Waals surface area contributed by atoms with E-state index in [2.05, 4.69) is 26.0 Å². The lowest BCUT2D eigenvalue weighted by molar-refractivity contribution is -0.134. The van der Waals surface area contributed by atoms with Crippen molar-refractivity contribution in [3.63, 3.8) is 0 Å². The predicted octanol–water partition coefficient (Wildman–Crippen LogP) is 3.90. The summed E-state index contributed by atoms with van der Waals surface area (Å²) in [6, 6.07) is 19.9. The number of carbonyl (C=O) groups is 1. The summed E-state index contributed by atoms with van der Waals surface area (Å²) in [6.45, 7) is 4.83. The normalized spacial score (nSPS) is 13.3. The zero-order valence-corrected chi connectivity index (χ0v) is 14.0. The molecule has 0 aliphatic heterocycles. The molecule has 0 bridgehead atoms. The molecule has 0 aromatic heterocycles. The third kappa shape index (κ3) is 4.93. The minimum absolute atomic E-state index is 0.111. The third-order valence-corrected chi connectivity index (χ3v) is 4.26. The Balaban J connectivity index is 2.07. The van der Waals surface area contributed by atoms with Gasteiger partial charge in [0, 0.05) is 25.0 Å². The summed E-state index contributed by atoms with van der Waals surface area (Å²) in [6.07, 6.45) is 1.26. The van der Waals surface area contributed by atoms with Crippen LogP contribution in [0.15, 0.2) is 60.7 Å². The zero-order chi connectivity index (χ0) is 16.7. The van der Waals surface area contributed by atoms with Gasteiger partial charge >= 0.3 is 0 Å². The molecule has 0 aliphatic carbocycles. The Morgan fingerprint density at radius 3 is 2.17 bits per heavy atom. The van der Waals surface area contributed by atoms with Crippen LogP contribution < -0.4 is 5.73 Å². The van der Waals surface area contributed by atoms with Gasteiger partial charge < -0.3 is 10.6 Å². The molecule has 3 heteroatoms. The number of hydrogen-bond acceptors (Lipinski definition) is 2. The maximum atomic E-state index is 12.8. The molecule has 2 unspecified atom stereocenters. The Morgan fingerprint density at radius 2 is 1.61 bits per heavy atom. The van der Waals surface area contributed by atoms with Crippen LogP contribution >= 0.6 is 0 Å². The molecular formula is C20H26N2O. The quantitative estimate of drug-likeness (QED) is 0.843. The molecule has 0 fully saturated rings. The lowest BCUT2D eigenvalue weighted by Crippen LogP contribution is -2.39. The van der Waals surface area contributed by atoms with E-state index in [9.17, 15) is 4.79 Å².